The first-order valence-corrected chi connectivity index (χ1v) is 7.74. The molecule has 0 spiro atoms. The molecule has 1 aromatic heterocycles. The van der Waals surface area contributed by atoms with Crippen LogP contribution in [0.25, 0.3) is 0 Å². The number of methoxy groups -OCH3 is 1. The maximum Gasteiger partial charge on any atom is 0.224 e. The fourth-order valence-corrected chi connectivity index (χ4v) is 2.59. The molecule has 0 aliphatic rings. The topological polar surface area (TPSA) is 44.2 Å². The van der Waals surface area contributed by atoms with Gasteiger partial charge in [-0.3, -0.25) is 0 Å². The molecule has 4 nitrogen and oxygen atoms in total. The van der Waals surface area contributed by atoms with E-state index in [4.69, 9.17) is 21.1 Å². The molecule has 0 amide bonds. The number of benzene rings is 1. The fraction of sp³-hybridized carbons (Fsp3) is 0.231. The monoisotopic (exact) mass is 420 g/mol. The molecular weight excluding hydrogens is 411 g/mol. The second-order valence-electron chi connectivity index (χ2n) is 3.82. The smallest absolute Gasteiger partial charge is 0.224 e. The Kier molecular flexibility index (Phi) is 5.23. The van der Waals surface area contributed by atoms with Crippen molar-refractivity contribution < 1.29 is 9.47 Å². The van der Waals surface area contributed by atoms with E-state index < -0.39 is 0 Å². The van der Waals surface area contributed by atoms with Gasteiger partial charge in [0, 0.05) is 12.5 Å². The van der Waals surface area contributed by atoms with E-state index in [2.05, 4.69) is 41.8 Å². The molecule has 0 N–H and O–H groups in total. The number of ether oxygens (including phenoxy) is 2. The minimum absolute atomic E-state index is 0.357. The van der Waals surface area contributed by atoms with Crippen LogP contribution in [0.1, 0.15) is 12.7 Å². The Bertz CT molecular complexity index is 638. The maximum absolute atomic E-state index is 5.94. The molecule has 20 heavy (non-hydrogen) atoms. The van der Waals surface area contributed by atoms with Gasteiger partial charge in [0.05, 0.1) is 16.1 Å². The number of nitrogens with zero attached hydrogens (tertiary/aromatic N) is 2. The van der Waals surface area contributed by atoms with Gasteiger partial charge in [-0.15, -0.1) is 0 Å². The van der Waals surface area contributed by atoms with Crippen LogP contribution in [0.2, 0.25) is 5.15 Å². The number of halogens is 3. The molecule has 0 fully saturated rings. The van der Waals surface area contributed by atoms with Crippen LogP contribution >= 0.6 is 43.5 Å². The van der Waals surface area contributed by atoms with Crippen molar-refractivity contribution >= 4 is 43.5 Å². The minimum atomic E-state index is 0.357. The van der Waals surface area contributed by atoms with Crippen molar-refractivity contribution in [2.75, 3.05) is 7.11 Å². The highest BCUT2D eigenvalue weighted by Gasteiger charge is 2.11. The number of aromatic nitrogens is 2. The van der Waals surface area contributed by atoms with Gasteiger partial charge in [0.25, 0.3) is 0 Å². The van der Waals surface area contributed by atoms with Crippen LogP contribution in [0.15, 0.2) is 27.1 Å². The van der Waals surface area contributed by atoms with Crippen molar-refractivity contribution in [2.45, 2.75) is 13.3 Å². The van der Waals surface area contributed by atoms with Crippen LogP contribution in [-0.4, -0.2) is 17.1 Å². The third-order valence-corrected chi connectivity index (χ3v) is 3.89. The lowest BCUT2D eigenvalue weighted by Crippen LogP contribution is -1.97. The quantitative estimate of drug-likeness (QED) is 0.649. The Labute approximate surface area is 138 Å². The molecular formula is C13H11Br2ClN2O2. The van der Waals surface area contributed by atoms with Crippen LogP contribution in [0.4, 0.5) is 0 Å². The van der Waals surface area contributed by atoms with Crippen LogP contribution in [0.5, 0.6) is 17.4 Å². The number of aryl methyl sites for hydroxylation is 1. The van der Waals surface area contributed by atoms with Crippen molar-refractivity contribution in [1.82, 2.24) is 9.97 Å². The van der Waals surface area contributed by atoms with E-state index in [0.717, 1.165) is 8.95 Å². The van der Waals surface area contributed by atoms with E-state index in [1.165, 1.54) is 0 Å². The molecule has 0 aliphatic carbocycles. The molecule has 1 heterocycles. The molecule has 0 radical (unpaired) electrons. The molecule has 0 unspecified atom stereocenters. The van der Waals surface area contributed by atoms with E-state index in [0.29, 0.717) is 34.8 Å². The Morgan fingerprint density at radius 2 is 1.75 bits per heavy atom. The van der Waals surface area contributed by atoms with E-state index in [9.17, 15) is 0 Å². The van der Waals surface area contributed by atoms with Gasteiger partial charge in [-0.1, -0.05) is 18.5 Å². The van der Waals surface area contributed by atoms with E-state index in [1.54, 1.807) is 19.2 Å². The summed E-state index contributed by atoms with van der Waals surface area (Å²) in [5.74, 6) is 2.35. The molecule has 0 saturated carbocycles. The van der Waals surface area contributed by atoms with Crippen LogP contribution < -0.4 is 9.47 Å². The van der Waals surface area contributed by atoms with Gasteiger partial charge in [0.2, 0.25) is 5.88 Å². The lowest BCUT2D eigenvalue weighted by Gasteiger charge is -2.11. The zero-order chi connectivity index (χ0) is 14.7. The highest BCUT2D eigenvalue weighted by molar-refractivity contribution is 9.11. The van der Waals surface area contributed by atoms with Gasteiger partial charge in [-0.2, -0.15) is 4.98 Å². The number of hydrogen-bond donors (Lipinski definition) is 0. The molecule has 0 bridgehead atoms. The second kappa shape index (κ2) is 6.74. The van der Waals surface area contributed by atoms with Gasteiger partial charge in [-0.05, 0) is 44.0 Å². The molecule has 2 rings (SSSR count). The predicted octanol–water partition coefficient (Wildman–Crippen LogP) is 5.02. The summed E-state index contributed by atoms with van der Waals surface area (Å²) in [7, 11) is 1.60. The van der Waals surface area contributed by atoms with Crippen LogP contribution in [0, 0.1) is 0 Å². The largest absolute Gasteiger partial charge is 0.496 e. The van der Waals surface area contributed by atoms with Crippen LogP contribution in [-0.2, 0) is 6.42 Å². The van der Waals surface area contributed by atoms with E-state index in [-0.39, 0.29) is 0 Å². The summed E-state index contributed by atoms with van der Waals surface area (Å²) >= 11 is 12.8. The Morgan fingerprint density at radius 1 is 1.10 bits per heavy atom. The summed E-state index contributed by atoms with van der Waals surface area (Å²) in [6.07, 6.45) is 0.685. The molecule has 0 saturated heterocycles. The summed E-state index contributed by atoms with van der Waals surface area (Å²) in [5, 5.41) is 0.357. The van der Waals surface area contributed by atoms with Crippen molar-refractivity contribution in [1.29, 1.82) is 0 Å². The third-order valence-electron chi connectivity index (χ3n) is 2.45. The summed E-state index contributed by atoms with van der Waals surface area (Å²) in [6.45, 7) is 1.95. The highest BCUT2D eigenvalue weighted by Crippen LogP contribution is 2.37. The van der Waals surface area contributed by atoms with Gasteiger partial charge >= 0.3 is 0 Å². The Morgan fingerprint density at radius 3 is 2.40 bits per heavy atom. The standard InChI is InChI=1S/C13H11Br2ClN2O2/c1-3-12-17-11(16)6-13(18-12)20-10-5-7(14)9(19-2)4-8(10)15/h4-6H,3H2,1-2H3. The average Bonchev–Trinajstić information content (AvgIpc) is 2.41. The summed E-state index contributed by atoms with van der Waals surface area (Å²) in [6, 6.07) is 5.18. The zero-order valence-electron chi connectivity index (χ0n) is 10.8. The van der Waals surface area contributed by atoms with Crippen molar-refractivity contribution in [3.63, 3.8) is 0 Å². The summed E-state index contributed by atoms with van der Waals surface area (Å²) in [5.41, 5.74) is 0. The highest BCUT2D eigenvalue weighted by atomic mass is 79.9. The van der Waals surface area contributed by atoms with E-state index >= 15 is 0 Å². The summed E-state index contributed by atoms with van der Waals surface area (Å²) < 4.78 is 12.5. The third kappa shape index (κ3) is 3.62. The first-order chi connectivity index (χ1) is 9.53. The molecule has 0 aliphatic heterocycles. The number of rotatable bonds is 4. The van der Waals surface area contributed by atoms with Crippen molar-refractivity contribution in [3.05, 3.63) is 38.1 Å². The molecule has 0 atom stereocenters. The van der Waals surface area contributed by atoms with Crippen molar-refractivity contribution in [2.24, 2.45) is 0 Å². The first-order valence-electron chi connectivity index (χ1n) is 5.77. The minimum Gasteiger partial charge on any atom is -0.496 e. The summed E-state index contributed by atoms with van der Waals surface area (Å²) in [4.78, 5) is 8.37. The maximum atomic E-state index is 5.94. The fourth-order valence-electron chi connectivity index (χ4n) is 1.51. The second-order valence-corrected chi connectivity index (χ2v) is 5.91. The SMILES string of the molecule is CCc1nc(Cl)cc(Oc2cc(Br)c(OC)cc2Br)n1. The lowest BCUT2D eigenvalue weighted by atomic mass is 10.3. The predicted molar refractivity (Wildman–Crippen MR) is 84.9 cm³/mol. The molecule has 2 aromatic rings. The van der Waals surface area contributed by atoms with Crippen molar-refractivity contribution in [3.8, 4) is 17.4 Å². The zero-order valence-corrected chi connectivity index (χ0v) is 14.7. The van der Waals surface area contributed by atoms with E-state index in [1.807, 2.05) is 13.0 Å². The average molecular weight is 423 g/mol. The first kappa shape index (κ1) is 15.5. The molecule has 1 aromatic carbocycles. The van der Waals surface area contributed by atoms with Gasteiger partial charge in [-0.25, -0.2) is 4.98 Å². The van der Waals surface area contributed by atoms with Crippen LogP contribution in [0.3, 0.4) is 0 Å². The van der Waals surface area contributed by atoms with Gasteiger partial charge in [0.1, 0.15) is 22.5 Å². The van der Waals surface area contributed by atoms with Gasteiger partial charge in [0.15, 0.2) is 0 Å². The lowest BCUT2D eigenvalue weighted by molar-refractivity contribution is 0.408. The normalized spacial score (nSPS) is 10.4. The number of hydrogen-bond acceptors (Lipinski definition) is 4. The molecule has 7 heteroatoms. The Hall–Kier alpha value is -0.850. The van der Waals surface area contributed by atoms with Gasteiger partial charge < -0.3 is 9.47 Å². The Balaban J connectivity index is 2.35. The molecule has 106 valence electrons.